The first-order chi connectivity index (χ1) is 9.47. The van der Waals surface area contributed by atoms with E-state index in [-0.39, 0.29) is 5.97 Å². The van der Waals surface area contributed by atoms with E-state index in [0.717, 1.165) is 19.3 Å². The fourth-order valence-electron chi connectivity index (χ4n) is 5.34. The molecule has 0 radical (unpaired) electrons. The van der Waals surface area contributed by atoms with Gasteiger partial charge in [0.2, 0.25) is 5.79 Å². The fourth-order valence-corrected chi connectivity index (χ4v) is 5.34. The summed E-state index contributed by atoms with van der Waals surface area (Å²) >= 11 is 0. The second-order valence-electron chi connectivity index (χ2n) is 7.52. The number of esters is 1. The van der Waals surface area contributed by atoms with Gasteiger partial charge in [0.25, 0.3) is 0 Å². The molecule has 0 N–H and O–H groups in total. The molecular formula is C16H24O4. The maximum Gasteiger partial charge on any atom is 0.320 e. The Morgan fingerprint density at radius 3 is 2.65 bits per heavy atom. The summed E-state index contributed by atoms with van der Waals surface area (Å²) in [6.07, 6.45) is 3.69. The minimum Gasteiger partial charge on any atom is -0.433 e. The van der Waals surface area contributed by atoms with Gasteiger partial charge in [-0.15, -0.1) is 0 Å². The number of carbonyl (C=O) groups excluding carboxylic acids is 1. The van der Waals surface area contributed by atoms with Gasteiger partial charge in [-0.1, -0.05) is 20.3 Å². The maximum atomic E-state index is 13.0. The lowest BCUT2D eigenvalue weighted by Gasteiger charge is -2.58. The zero-order chi connectivity index (χ0) is 14.1. The van der Waals surface area contributed by atoms with Crippen LogP contribution >= 0.6 is 0 Å². The highest BCUT2D eigenvalue weighted by molar-refractivity contribution is 5.80. The number of fused-ring (bicyclic) bond motifs is 2. The number of hydrogen-bond donors (Lipinski definition) is 0. The van der Waals surface area contributed by atoms with Crippen molar-refractivity contribution in [1.82, 2.24) is 0 Å². The second-order valence-corrected chi connectivity index (χ2v) is 7.52. The minimum absolute atomic E-state index is 0.0538. The topological polar surface area (TPSA) is 44.8 Å². The Morgan fingerprint density at radius 2 is 1.85 bits per heavy atom. The van der Waals surface area contributed by atoms with Gasteiger partial charge in [0.15, 0.2) is 6.29 Å². The van der Waals surface area contributed by atoms with Crippen molar-refractivity contribution in [3.63, 3.8) is 0 Å². The van der Waals surface area contributed by atoms with Crippen LogP contribution in [0.25, 0.3) is 0 Å². The Hall–Kier alpha value is -0.610. The average molecular weight is 280 g/mol. The van der Waals surface area contributed by atoms with Gasteiger partial charge in [-0.3, -0.25) is 4.79 Å². The van der Waals surface area contributed by atoms with Crippen LogP contribution in [0.2, 0.25) is 0 Å². The number of hydrogen-bond acceptors (Lipinski definition) is 4. The zero-order valence-electron chi connectivity index (χ0n) is 12.6. The molecule has 0 aromatic carbocycles. The Balaban J connectivity index is 1.88. The lowest BCUT2D eigenvalue weighted by Crippen LogP contribution is -2.67. The van der Waals surface area contributed by atoms with Crippen LogP contribution in [0.3, 0.4) is 0 Å². The maximum absolute atomic E-state index is 13.0. The average Bonchev–Trinajstić information content (AvgIpc) is 2.59. The van der Waals surface area contributed by atoms with Gasteiger partial charge in [-0.25, -0.2) is 0 Å². The molecule has 5 aliphatic rings. The molecule has 5 fully saturated rings. The molecule has 4 heterocycles. The molecule has 4 saturated heterocycles. The summed E-state index contributed by atoms with van der Waals surface area (Å²) < 4.78 is 17.9. The molecule has 20 heavy (non-hydrogen) atoms. The molecule has 5 rings (SSSR count). The summed E-state index contributed by atoms with van der Waals surface area (Å²) in [4.78, 5) is 13.0. The van der Waals surface area contributed by atoms with E-state index in [4.69, 9.17) is 14.2 Å². The van der Waals surface area contributed by atoms with Gasteiger partial charge < -0.3 is 14.2 Å². The van der Waals surface area contributed by atoms with Crippen LogP contribution in [-0.2, 0) is 19.0 Å². The van der Waals surface area contributed by atoms with E-state index in [2.05, 4.69) is 13.8 Å². The van der Waals surface area contributed by atoms with Crippen molar-refractivity contribution in [2.75, 3.05) is 6.61 Å². The standard InChI is InChI=1S/C16H24O4/c1-9-4-5-11-10(2)8-18-14-16(11)12(9)6-7-15(3,20-14)19-13(16)17/h9-12,14H,4-8H2,1-3H3/t9-,10+,11+,12+,14-,15+,16-/m1/s1. The molecule has 2 bridgehead atoms. The monoisotopic (exact) mass is 280 g/mol. The van der Waals surface area contributed by atoms with Gasteiger partial charge in [0, 0.05) is 13.3 Å². The smallest absolute Gasteiger partial charge is 0.320 e. The Kier molecular flexibility index (Phi) is 2.60. The van der Waals surface area contributed by atoms with Crippen LogP contribution in [0.15, 0.2) is 0 Å². The van der Waals surface area contributed by atoms with E-state index in [0.29, 0.717) is 30.3 Å². The van der Waals surface area contributed by atoms with E-state index in [1.54, 1.807) is 0 Å². The van der Waals surface area contributed by atoms with Crippen LogP contribution in [0, 0.1) is 29.1 Å². The predicted molar refractivity (Wildman–Crippen MR) is 71.5 cm³/mol. The van der Waals surface area contributed by atoms with Crippen LogP contribution in [-0.4, -0.2) is 24.7 Å². The van der Waals surface area contributed by atoms with Crippen LogP contribution < -0.4 is 0 Å². The van der Waals surface area contributed by atoms with Crippen molar-refractivity contribution >= 4 is 5.97 Å². The highest BCUT2D eigenvalue weighted by atomic mass is 16.8. The summed E-state index contributed by atoms with van der Waals surface area (Å²) in [6, 6.07) is 0. The molecule has 112 valence electrons. The lowest BCUT2D eigenvalue weighted by molar-refractivity contribution is -0.379. The molecule has 0 aromatic rings. The van der Waals surface area contributed by atoms with E-state index in [1.165, 1.54) is 6.42 Å². The van der Waals surface area contributed by atoms with E-state index in [9.17, 15) is 4.79 Å². The predicted octanol–water partition coefficient (Wildman–Crippen LogP) is 2.71. The molecular weight excluding hydrogens is 256 g/mol. The summed E-state index contributed by atoms with van der Waals surface area (Å²) in [5, 5.41) is 0. The molecule has 0 unspecified atom stereocenters. The second kappa shape index (κ2) is 3.98. The van der Waals surface area contributed by atoms with Crippen LogP contribution in [0.5, 0.6) is 0 Å². The molecule has 1 saturated carbocycles. The third kappa shape index (κ3) is 1.42. The first kappa shape index (κ1) is 13.1. The molecule has 1 spiro atoms. The van der Waals surface area contributed by atoms with Crippen molar-refractivity contribution in [3.8, 4) is 0 Å². The first-order valence-electron chi connectivity index (χ1n) is 8.00. The van der Waals surface area contributed by atoms with Crippen molar-refractivity contribution in [2.24, 2.45) is 29.1 Å². The van der Waals surface area contributed by atoms with Gasteiger partial charge >= 0.3 is 5.97 Å². The van der Waals surface area contributed by atoms with Crippen LogP contribution in [0.4, 0.5) is 0 Å². The third-order valence-electron chi connectivity index (χ3n) is 6.36. The van der Waals surface area contributed by atoms with Gasteiger partial charge in [0.1, 0.15) is 5.41 Å². The molecule has 0 amide bonds. The summed E-state index contributed by atoms with van der Waals surface area (Å²) in [5.74, 6) is 0.791. The summed E-state index contributed by atoms with van der Waals surface area (Å²) in [6.45, 7) is 7.06. The first-order valence-corrected chi connectivity index (χ1v) is 8.00. The largest absolute Gasteiger partial charge is 0.433 e. The Morgan fingerprint density at radius 1 is 1.10 bits per heavy atom. The number of ether oxygens (including phenoxy) is 3. The molecule has 0 aromatic heterocycles. The van der Waals surface area contributed by atoms with Crippen molar-refractivity contribution < 1.29 is 19.0 Å². The van der Waals surface area contributed by atoms with Gasteiger partial charge in [-0.05, 0) is 36.5 Å². The molecule has 1 aliphatic carbocycles. The highest BCUT2D eigenvalue weighted by Gasteiger charge is 2.70. The number of rotatable bonds is 0. The zero-order valence-corrected chi connectivity index (χ0v) is 12.6. The highest BCUT2D eigenvalue weighted by Crippen LogP contribution is 2.63. The fraction of sp³-hybridized carbons (Fsp3) is 0.938. The lowest BCUT2D eigenvalue weighted by atomic mass is 9.52. The van der Waals surface area contributed by atoms with Gasteiger partial charge in [0.05, 0.1) is 6.61 Å². The molecule has 4 aliphatic heterocycles. The molecule has 4 nitrogen and oxygen atoms in total. The molecule has 7 atom stereocenters. The third-order valence-corrected chi connectivity index (χ3v) is 6.36. The summed E-state index contributed by atoms with van der Waals surface area (Å²) in [7, 11) is 0. The van der Waals surface area contributed by atoms with E-state index in [1.807, 2.05) is 6.92 Å². The normalized spacial score (nSPS) is 57.8. The SMILES string of the molecule is C[C@@H]1CC[C@H]2[C@@H](C)CO[C@@H]3O[C@@]4(C)CC[C@@H]1[C@]32C(=O)O4. The van der Waals surface area contributed by atoms with E-state index < -0.39 is 17.5 Å². The van der Waals surface area contributed by atoms with Crippen LogP contribution in [0.1, 0.15) is 46.5 Å². The van der Waals surface area contributed by atoms with Crippen molar-refractivity contribution in [2.45, 2.75) is 58.5 Å². The molecule has 4 heteroatoms. The van der Waals surface area contributed by atoms with Crippen molar-refractivity contribution in [1.29, 1.82) is 0 Å². The van der Waals surface area contributed by atoms with Crippen molar-refractivity contribution in [3.05, 3.63) is 0 Å². The van der Waals surface area contributed by atoms with E-state index >= 15 is 0 Å². The number of carbonyl (C=O) groups is 1. The Labute approximate surface area is 120 Å². The van der Waals surface area contributed by atoms with Gasteiger partial charge in [-0.2, -0.15) is 0 Å². The quantitative estimate of drug-likeness (QED) is 0.640. The minimum atomic E-state index is -0.783. The Bertz CT molecular complexity index is 450. The summed E-state index contributed by atoms with van der Waals surface area (Å²) in [5.41, 5.74) is -0.550.